The summed E-state index contributed by atoms with van der Waals surface area (Å²) in [6.45, 7) is 3.15. The van der Waals surface area contributed by atoms with E-state index in [1.807, 2.05) is 25.1 Å². The molecule has 0 saturated carbocycles. The van der Waals surface area contributed by atoms with E-state index >= 15 is 0 Å². The van der Waals surface area contributed by atoms with E-state index in [1.165, 1.54) is 17.0 Å². The van der Waals surface area contributed by atoms with Crippen LogP contribution in [0.2, 0.25) is 0 Å². The fraction of sp³-hybridized carbons (Fsp3) is 0.348. The zero-order valence-corrected chi connectivity index (χ0v) is 17.9. The quantitative estimate of drug-likeness (QED) is 0.459. The maximum absolute atomic E-state index is 15.0. The van der Waals surface area contributed by atoms with E-state index in [1.54, 1.807) is 11.0 Å². The van der Waals surface area contributed by atoms with Gasteiger partial charge < -0.3 is 9.32 Å². The molecule has 0 spiro atoms. The molecule has 2 heterocycles. The predicted octanol–water partition coefficient (Wildman–Crippen LogP) is 5.82. The molecule has 4 rings (SSSR count). The summed E-state index contributed by atoms with van der Waals surface area (Å²) in [5.74, 6) is -2.63. The van der Waals surface area contributed by atoms with Crippen LogP contribution in [0.5, 0.6) is 0 Å². The van der Waals surface area contributed by atoms with Crippen LogP contribution in [0.1, 0.15) is 36.3 Å². The van der Waals surface area contributed by atoms with Crippen molar-refractivity contribution in [2.24, 2.45) is 0 Å². The third kappa shape index (κ3) is 5.15. The van der Waals surface area contributed by atoms with E-state index < -0.39 is 23.8 Å². The van der Waals surface area contributed by atoms with Crippen LogP contribution in [0.15, 0.2) is 46.9 Å². The van der Waals surface area contributed by atoms with Gasteiger partial charge >= 0.3 is 18.1 Å². The number of hydrogen-bond donors (Lipinski definition) is 0. The topological polar surface area (TPSA) is 62.5 Å². The highest BCUT2D eigenvalue weighted by atomic mass is 19.4. The number of hydrogen-bond acceptors (Lipinski definition) is 4. The molecular formula is C23H22F4N4O2. The van der Waals surface area contributed by atoms with Crippen LogP contribution in [0.4, 0.5) is 28.0 Å². The van der Waals surface area contributed by atoms with Crippen LogP contribution >= 0.6 is 0 Å². The Kier molecular flexibility index (Phi) is 6.35. The van der Waals surface area contributed by atoms with Crippen molar-refractivity contribution in [3.8, 4) is 11.5 Å². The lowest BCUT2D eigenvalue weighted by Gasteiger charge is -2.33. The first-order valence-electron chi connectivity index (χ1n) is 10.5. The van der Waals surface area contributed by atoms with Crippen molar-refractivity contribution >= 4 is 11.7 Å². The van der Waals surface area contributed by atoms with Gasteiger partial charge in [-0.1, -0.05) is 18.2 Å². The second-order valence-corrected chi connectivity index (χ2v) is 7.97. The molecule has 6 nitrogen and oxygen atoms in total. The Morgan fingerprint density at radius 3 is 2.48 bits per heavy atom. The van der Waals surface area contributed by atoms with Gasteiger partial charge in [0, 0.05) is 29.9 Å². The van der Waals surface area contributed by atoms with Crippen LogP contribution in [-0.2, 0) is 12.7 Å². The number of halogens is 4. The number of aromatic nitrogens is 2. The van der Waals surface area contributed by atoms with Gasteiger partial charge in [-0.2, -0.15) is 13.2 Å². The smallest absolute Gasteiger partial charge is 0.413 e. The van der Waals surface area contributed by atoms with Crippen molar-refractivity contribution in [2.75, 3.05) is 18.0 Å². The number of carbonyl (C=O) groups excluding carboxylic acids is 1. The Labute approximate surface area is 187 Å². The summed E-state index contributed by atoms with van der Waals surface area (Å²) in [5, 5.41) is 6.32. The van der Waals surface area contributed by atoms with E-state index in [0.29, 0.717) is 18.8 Å². The zero-order chi connectivity index (χ0) is 23.6. The molecule has 0 bridgehead atoms. The summed E-state index contributed by atoms with van der Waals surface area (Å²) in [5.41, 5.74) is 1.82. The number of piperidine rings is 1. The first-order chi connectivity index (χ1) is 15.7. The van der Waals surface area contributed by atoms with Crippen molar-refractivity contribution in [1.29, 1.82) is 0 Å². The van der Waals surface area contributed by atoms with E-state index in [2.05, 4.69) is 14.6 Å². The van der Waals surface area contributed by atoms with Crippen molar-refractivity contribution in [1.82, 2.24) is 15.1 Å². The van der Waals surface area contributed by atoms with Gasteiger partial charge in [0.15, 0.2) is 0 Å². The monoisotopic (exact) mass is 462 g/mol. The maximum atomic E-state index is 15.0. The molecule has 0 atom stereocenters. The van der Waals surface area contributed by atoms with E-state index in [-0.39, 0.29) is 23.7 Å². The van der Waals surface area contributed by atoms with Gasteiger partial charge in [-0.15, -0.1) is 10.2 Å². The summed E-state index contributed by atoms with van der Waals surface area (Å²) in [7, 11) is 0. The Morgan fingerprint density at radius 1 is 1.09 bits per heavy atom. The molecule has 10 heteroatoms. The van der Waals surface area contributed by atoms with Crippen LogP contribution in [0, 0.1) is 12.7 Å². The normalized spacial score (nSPS) is 14.4. The number of benzene rings is 2. The number of rotatable bonds is 4. The summed E-state index contributed by atoms with van der Waals surface area (Å²) in [4.78, 5) is 16.6. The van der Waals surface area contributed by atoms with Gasteiger partial charge in [-0.05, 0) is 56.0 Å². The largest absolute Gasteiger partial charge is 0.470 e. The first-order valence-corrected chi connectivity index (χ1v) is 10.5. The summed E-state index contributed by atoms with van der Waals surface area (Å²) in [6.07, 6.45) is -1.88. The standard InChI is InChI=1S/C23H22F4N4O2/c1-15-6-5-7-18(12-15)31(22(32)30-10-3-2-4-11-30)14-17-9-8-16(13-19(17)24)20-28-29-21(33-20)23(25,26)27/h5-9,12-13H,2-4,10-11,14H2,1H3. The molecule has 0 aliphatic carbocycles. The minimum absolute atomic E-state index is 0.0173. The Balaban J connectivity index is 1.61. The Hall–Kier alpha value is -3.43. The molecule has 2 amide bonds. The molecule has 33 heavy (non-hydrogen) atoms. The molecule has 1 aromatic heterocycles. The minimum Gasteiger partial charge on any atom is -0.413 e. The van der Waals surface area contributed by atoms with E-state index in [4.69, 9.17) is 0 Å². The van der Waals surface area contributed by atoms with E-state index in [0.717, 1.165) is 30.9 Å². The Bertz CT molecular complexity index is 1140. The van der Waals surface area contributed by atoms with Crippen LogP contribution in [-0.4, -0.2) is 34.2 Å². The third-order valence-corrected chi connectivity index (χ3v) is 5.47. The summed E-state index contributed by atoms with van der Waals surface area (Å²) >= 11 is 0. The first kappa shape index (κ1) is 22.8. The zero-order valence-electron chi connectivity index (χ0n) is 17.9. The van der Waals surface area contributed by atoms with Crippen LogP contribution in [0.3, 0.4) is 0 Å². The summed E-state index contributed by atoms with van der Waals surface area (Å²) < 4.78 is 57.7. The van der Waals surface area contributed by atoms with Gasteiger partial charge in [-0.25, -0.2) is 9.18 Å². The number of alkyl halides is 3. The fourth-order valence-electron chi connectivity index (χ4n) is 3.75. The molecule has 1 aliphatic heterocycles. The highest BCUT2D eigenvalue weighted by molar-refractivity contribution is 5.92. The van der Waals surface area contributed by atoms with E-state index in [9.17, 15) is 22.4 Å². The number of anilines is 1. The molecule has 174 valence electrons. The van der Waals surface area contributed by atoms with Crippen molar-refractivity contribution < 1.29 is 26.8 Å². The highest BCUT2D eigenvalue weighted by Crippen LogP contribution is 2.31. The molecular weight excluding hydrogens is 440 g/mol. The lowest BCUT2D eigenvalue weighted by Crippen LogP contribution is -2.45. The SMILES string of the molecule is Cc1cccc(N(Cc2ccc(-c3nnc(C(F)(F)F)o3)cc2F)C(=O)N2CCCCC2)c1. The highest BCUT2D eigenvalue weighted by Gasteiger charge is 2.38. The number of carbonyl (C=O) groups is 1. The number of aryl methyl sites for hydroxylation is 1. The molecule has 2 aromatic carbocycles. The molecule has 0 radical (unpaired) electrons. The van der Waals surface area contributed by atoms with Crippen molar-refractivity contribution in [2.45, 2.75) is 38.9 Å². The number of likely N-dealkylation sites (tertiary alicyclic amines) is 1. The molecule has 0 N–H and O–H groups in total. The summed E-state index contributed by atoms with van der Waals surface area (Å²) in [6, 6.07) is 11.0. The van der Waals surface area contributed by atoms with Crippen LogP contribution < -0.4 is 4.90 Å². The van der Waals surface area contributed by atoms with Crippen molar-refractivity contribution in [3.05, 3.63) is 65.3 Å². The maximum Gasteiger partial charge on any atom is 0.470 e. The molecule has 3 aromatic rings. The van der Waals surface area contributed by atoms with Gasteiger partial charge in [0.05, 0.1) is 6.54 Å². The second-order valence-electron chi connectivity index (χ2n) is 7.97. The molecule has 0 unspecified atom stereocenters. The average Bonchev–Trinajstić information content (AvgIpc) is 3.29. The van der Waals surface area contributed by atoms with Gasteiger partial charge in [0.25, 0.3) is 0 Å². The fourth-order valence-corrected chi connectivity index (χ4v) is 3.75. The predicted molar refractivity (Wildman–Crippen MR) is 113 cm³/mol. The minimum atomic E-state index is -4.78. The molecule has 1 fully saturated rings. The van der Waals surface area contributed by atoms with Crippen molar-refractivity contribution in [3.63, 3.8) is 0 Å². The number of amides is 2. The van der Waals surface area contributed by atoms with Gasteiger partial charge in [0.2, 0.25) is 5.89 Å². The third-order valence-electron chi connectivity index (χ3n) is 5.47. The Morgan fingerprint density at radius 2 is 1.85 bits per heavy atom. The van der Waals surface area contributed by atoms with Crippen LogP contribution in [0.25, 0.3) is 11.5 Å². The molecule has 1 saturated heterocycles. The number of urea groups is 1. The van der Waals surface area contributed by atoms with Gasteiger partial charge in [-0.3, -0.25) is 4.90 Å². The number of nitrogens with zero attached hydrogens (tertiary/aromatic N) is 4. The molecule has 1 aliphatic rings. The average molecular weight is 462 g/mol. The lowest BCUT2D eigenvalue weighted by molar-refractivity contribution is -0.156. The van der Waals surface area contributed by atoms with Gasteiger partial charge in [0.1, 0.15) is 5.82 Å². The second kappa shape index (κ2) is 9.21. The lowest BCUT2D eigenvalue weighted by atomic mass is 10.1.